The smallest absolute Gasteiger partial charge is 0.0366 e. The molecule has 0 saturated carbocycles. The largest absolute Gasteiger partial charge is 0.372 e. The lowest BCUT2D eigenvalue weighted by molar-refractivity contribution is 0.162. The lowest BCUT2D eigenvalue weighted by Gasteiger charge is -2.38. The highest BCUT2D eigenvalue weighted by Gasteiger charge is 2.25. The van der Waals surface area contributed by atoms with Crippen LogP contribution in [0.3, 0.4) is 0 Å². The Kier molecular flexibility index (Phi) is 6.73. The van der Waals surface area contributed by atoms with E-state index in [-0.39, 0.29) is 0 Å². The van der Waals surface area contributed by atoms with Crippen molar-refractivity contribution in [2.24, 2.45) is 11.8 Å². The second-order valence-corrected chi connectivity index (χ2v) is 7.95. The van der Waals surface area contributed by atoms with Gasteiger partial charge in [-0.05, 0) is 75.2 Å². The zero-order chi connectivity index (χ0) is 18.4. The number of aryl methyl sites for hydroxylation is 1. The van der Waals surface area contributed by atoms with Crippen LogP contribution in [0.5, 0.6) is 0 Å². The van der Waals surface area contributed by atoms with Crippen LogP contribution in [0, 0.1) is 18.8 Å². The summed E-state index contributed by atoms with van der Waals surface area (Å²) in [5, 5.41) is 0. The standard InChI is InChI=1S/C24H34N2/c1-4-6-22(5-2)23-13-15-25(16-14-23)19-21-11-17-26(18-12-21)24-9-7-20(3)8-10-24/h4-10,21,23H,1-2,11-19H2,3H3/b22-6+. The molecule has 0 atom stereocenters. The van der Waals surface area contributed by atoms with E-state index in [2.05, 4.69) is 60.2 Å². The van der Waals surface area contributed by atoms with Crippen molar-refractivity contribution in [3.05, 3.63) is 66.8 Å². The third kappa shape index (κ3) is 4.88. The van der Waals surface area contributed by atoms with Gasteiger partial charge in [0.05, 0.1) is 0 Å². The van der Waals surface area contributed by atoms with Crippen molar-refractivity contribution in [3.8, 4) is 0 Å². The molecule has 140 valence electrons. The third-order valence-corrected chi connectivity index (χ3v) is 6.14. The lowest BCUT2D eigenvalue weighted by atomic mass is 9.87. The Morgan fingerprint density at radius 3 is 2.23 bits per heavy atom. The van der Waals surface area contributed by atoms with Gasteiger partial charge in [0.25, 0.3) is 0 Å². The van der Waals surface area contributed by atoms with Gasteiger partial charge in [0, 0.05) is 25.3 Å². The van der Waals surface area contributed by atoms with Crippen molar-refractivity contribution in [2.45, 2.75) is 32.6 Å². The molecular formula is C24H34N2. The molecule has 0 aromatic heterocycles. The van der Waals surface area contributed by atoms with Gasteiger partial charge in [-0.15, -0.1) is 0 Å². The highest BCUT2D eigenvalue weighted by atomic mass is 15.2. The second kappa shape index (κ2) is 9.23. The highest BCUT2D eigenvalue weighted by molar-refractivity contribution is 5.47. The monoisotopic (exact) mass is 350 g/mol. The Bertz CT molecular complexity index is 612. The van der Waals surface area contributed by atoms with Gasteiger partial charge in [-0.3, -0.25) is 0 Å². The van der Waals surface area contributed by atoms with Gasteiger partial charge in [0.15, 0.2) is 0 Å². The minimum absolute atomic E-state index is 0.671. The summed E-state index contributed by atoms with van der Waals surface area (Å²) in [4.78, 5) is 5.25. The maximum atomic E-state index is 3.97. The third-order valence-electron chi connectivity index (χ3n) is 6.14. The van der Waals surface area contributed by atoms with Gasteiger partial charge in [-0.2, -0.15) is 0 Å². The molecule has 0 amide bonds. The van der Waals surface area contributed by atoms with Gasteiger partial charge >= 0.3 is 0 Å². The average molecular weight is 351 g/mol. The highest BCUT2D eigenvalue weighted by Crippen LogP contribution is 2.28. The summed E-state index contributed by atoms with van der Waals surface area (Å²) >= 11 is 0. The molecule has 0 radical (unpaired) electrons. The Hall–Kier alpha value is -1.80. The van der Waals surface area contributed by atoms with Crippen LogP contribution in [0.25, 0.3) is 0 Å². The summed E-state index contributed by atoms with van der Waals surface area (Å²) in [6, 6.07) is 9.00. The first kappa shape index (κ1) is 19.0. The molecule has 2 nitrogen and oxygen atoms in total. The Morgan fingerprint density at radius 2 is 1.65 bits per heavy atom. The van der Waals surface area contributed by atoms with Gasteiger partial charge < -0.3 is 9.80 Å². The van der Waals surface area contributed by atoms with Crippen LogP contribution in [-0.2, 0) is 0 Å². The number of likely N-dealkylation sites (tertiary alicyclic amines) is 1. The number of piperidine rings is 2. The molecule has 2 aliphatic heterocycles. The Morgan fingerprint density at radius 1 is 1.00 bits per heavy atom. The van der Waals surface area contributed by atoms with E-state index < -0.39 is 0 Å². The number of anilines is 1. The first-order valence-electron chi connectivity index (χ1n) is 10.2. The molecule has 0 N–H and O–H groups in total. The van der Waals surface area contributed by atoms with E-state index in [1.54, 1.807) is 0 Å². The number of allylic oxidation sites excluding steroid dienone is 4. The van der Waals surface area contributed by atoms with Gasteiger partial charge in [0.1, 0.15) is 0 Å². The van der Waals surface area contributed by atoms with E-state index in [4.69, 9.17) is 0 Å². The fraction of sp³-hybridized carbons (Fsp3) is 0.500. The molecule has 0 aliphatic carbocycles. The minimum atomic E-state index is 0.671. The van der Waals surface area contributed by atoms with Crippen LogP contribution in [-0.4, -0.2) is 37.6 Å². The molecule has 1 aromatic carbocycles. The molecule has 1 aromatic rings. The summed E-state index contributed by atoms with van der Waals surface area (Å²) in [7, 11) is 0. The van der Waals surface area contributed by atoms with E-state index >= 15 is 0 Å². The first-order chi connectivity index (χ1) is 12.7. The van der Waals surface area contributed by atoms with E-state index in [0.29, 0.717) is 5.92 Å². The predicted octanol–water partition coefficient (Wildman–Crippen LogP) is 5.22. The van der Waals surface area contributed by atoms with Gasteiger partial charge in [-0.1, -0.05) is 49.1 Å². The van der Waals surface area contributed by atoms with E-state index in [1.165, 1.54) is 75.2 Å². The van der Waals surface area contributed by atoms with Crippen LogP contribution < -0.4 is 4.90 Å². The summed E-state index contributed by atoms with van der Waals surface area (Å²) in [6.07, 6.45) is 11.2. The van der Waals surface area contributed by atoms with Crippen molar-refractivity contribution in [1.82, 2.24) is 4.90 Å². The maximum absolute atomic E-state index is 3.97. The van der Waals surface area contributed by atoms with Crippen LogP contribution in [0.15, 0.2) is 61.2 Å². The minimum Gasteiger partial charge on any atom is -0.372 e. The molecule has 2 saturated heterocycles. The first-order valence-corrected chi connectivity index (χ1v) is 10.2. The molecular weight excluding hydrogens is 316 g/mol. The average Bonchev–Trinajstić information content (AvgIpc) is 2.68. The molecule has 2 heteroatoms. The summed E-state index contributed by atoms with van der Waals surface area (Å²) in [5.41, 5.74) is 4.10. The number of nitrogens with zero attached hydrogens (tertiary/aromatic N) is 2. The summed E-state index contributed by atoms with van der Waals surface area (Å²) in [6.45, 7) is 16.1. The van der Waals surface area contributed by atoms with Crippen molar-refractivity contribution < 1.29 is 0 Å². The Labute approximate surface area is 159 Å². The number of rotatable bonds is 6. The SMILES string of the molecule is C=C/C=C(\C=C)C1CCN(CC2CCN(c3ccc(C)cc3)CC2)CC1. The number of hydrogen-bond acceptors (Lipinski definition) is 2. The second-order valence-electron chi connectivity index (χ2n) is 7.95. The summed E-state index contributed by atoms with van der Waals surface area (Å²) in [5.74, 6) is 1.53. The van der Waals surface area contributed by atoms with Crippen LogP contribution in [0.1, 0.15) is 31.2 Å². The fourth-order valence-electron chi connectivity index (χ4n) is 4.45. The molecule has 0 spiro atoms. The summed E-state index contributed by atoms with van der Waals surface area (Å²) < 4.78 is 0. The van der Waals surface area contributed by atoms with Crippen LogP contribution in [0.4, 0.5) is 5.69 Å². The van der Waals surface area contributed by atoms with Crippen molar-refractivity contribution in [1.29, 1.82) is 0 Å². The van der Waals surface area contributed by atoms with E-state index in [0.717, 1.165) is 5.92 Å². The van der Waals surface area contributed by atoms with Crippen LogP contribution in [0.2, 0.25) is 0 Å². The molecule has 2 fully saturated rings. The number of hydrogen-bond donors (Lipinski definition) is 0. The molecule has 0 bridgehead atoms. The molecule has 2 heterocycles. The zero-order valence-electron chi connectivity index (χ0n) is 16.4. The predicted molar refractivity (Wildman–Crippen MR) is 114 cm³/mol. The topological polar surface area (TPSA) is 6.48 Å². The molecule has 2 aliphatic rings. The fourth-order valence-corrected chi connectivity index (χ4v) is 4.45. The van der Waals surface area contributed by atoms with E-state index in [1.807, 2.05) is 12.2 Å². The zero-order valence-corrected chi connectivity index (χ0v) is 16.4. The van der Waals surface area contributed by atoms with Gasteiger partial charge in [0.2, 0.25) is 0 Å². The van der Waals surface area contributed by atoms with E-state index in [9.17, 15) is 0 Å². The Balaban J connectivity index is 1.43. The number of benzene rings is 1. The molecule has 0 unspecified atom stereocenters. The van der Waals surface area contributed by atoms with Crippen molar-refractivity contribution in [2.75, 3.05) is 37.6 Å². The molecule has 3 rings (SSSR count). The van der Waals surface area contributed by atoms with Crippen molar-refractivity contribution in [3.63, 3.8) is 0 Å². The van der Waals surface area contributed by atoms with Gasteiger partial charge in [-0.25, -0.2) is 0 Å². The van der Waals surface area contributed by atoms with Crippen LogP contribution >= 0.6 is 0 Å². The lowest BCUT2D eigenvalue weighted by Crippen LogP contribution is -2.41. The van der Waals surface area contributed by atoms with Crippen molar-refractivity contribution >= 4 is 5.69 Å². The normalized spacial score (nSPS) is 21.0. The molecule has 26 heavy (non-hydrogen) atoms. The quantitative estimate of drug-likeness (QED) is 0.649. The maximum Gasteiger partial charge on any atom is 0.0366 e.